The van der Waals surface area contributed by atoms with Gasteiger partial charge >= 0.3 is 0 Å². The first-order chi connectivity index (χ1) is 11.6. The fraction of sp³-hybridized carbons (Fsp3) is 0.632. The molecule has 1 rings (SSSR count). The summed E-state index contributed by atoms with van der Waals surface area (Å²) in [4.78, 5) is 4.61. The first-order valence-corrected chi connectivity index (χ1v) is 8.94. The standard InChI is InChI=1S/C19H33N3O2/c1-5-12-19(23,13-6-2)15-22-18(20-7-3)21-14-16-8-10-17(24-4)11-9-16/h8-11,23H,5-7,12-15H2,1-4H3,(H2,20,21,22). The molecule has 0 saturated carbocycles. The summed E-state index contributed by atoms with van der Waals surface area (Å²) in [5.41, 5.74) is 0.449. The normalized spacial score (nSPS) is 12.1. The highest BCUT2D eigenvalue weighted by Crippen LogP contribution is 2.18. The molecule has 0 saturated heterocycles. The average molecular weight is 335 g/mol. The third-order valence-electron chi connectivity index (χ3n) is 3.94. The minimum absolute atomic E-state index is 0.517. The lowest BCUT2D eigenvalue weighted by atomic mass is 9.93. The van der Waals surface area contributed by atoms with Crippen molar-refractivity contribution in [3.8, 4) is 5.75 Å². The Morgan fingerprint density at radius 1 is 1.08 bits per heavy atom. The number of nitrogens with one attached hydrogen (secondary N) is 2. The molecule has 0 heterocycles. The molecule has 0 amide bonds. The van der Waals surface area contributed by atoms with Crippen molar-refractivity contribution in [1.29, 1.82) is 0 Å². The molecule has 24 heavy (non-hydrogen) atoms. The van der Waals surface area contributed by atoms with E-state index in [1.54, 1.807) is 7.11 Å². The number of aliphatic imine (C=N–C) groups is 1. The van der Waals surface area contributed by atoms with E-state index in [4.69, 9.17) is 4.74 Å². The lowest BCUT2D eigenvalue weighted by Crippen LogP contribution is -2.47. The van der Waals surface area contributed by atoms with E-state index in [1.807, 2.05) is 31.2 Å². The third-order valence-corrected chi connectivity index (χ3v) is 3.94. The first-order valence-electron chi connectivity index (χ1n) is 8.94. The van der Waals surface area contributed by atoms with Crippen LogP contribution in [0.1, 0.15) is 52.0 Å². The Bertz CT molecular complexity index is 480. The van der Waals surface area contributed by atoms with Gasteiger partial charge in [-0.2, -0.15) is 0 Å². The van der Waals surface area contributed by atoms with Crippen LogP contribution in [0.2, 0.25) is 0 Å². The van der Waals surface area contributed by atoms with Crippen molar-refractivity contribution in [2.24, 2.45) is 4.99 Å². The quantitative estimate of drug-likeness (QED) is 0.454. The van der Waals surface area contributed by atoms with E-state index in [0.29, 0.717) is 13.1 Å². The highest BCUT2D eigenvalue weighted by molar-refractivity contribution is 5.79. The fourth-order valence-electron chi connectivity index (χ4n) is 2.72. The lowest BCUT2D eigenvalue weighted by Gasteiger charge is -2.28. The molecule has 136 valence electrons. The van der Waals surface area contributed by atoms with Crippen molar-refractivity contribution in [2.75, 3.05) is 20.2 Å². The molecule has 3 N–H and O–H groups in total. The van der Waals surface area contributed by atoms with Crippen LogP contribution in [-0.2, 0) is 6.54 Å². The van der Waals surface area contributed by atoms with Crippen LogP contribution < -0.4 is 15.4 Å². The molecule has 1 aromatic carbocycles. The topological polar surface area (TPSA) is 65.9 Å². The van der Waals surface area contributed by atoms with Gasteiger partial charge in [0.05, 0.1) is 19.3 Å². The average Bonchev–Trinajstić information content (AvgIpc) is 2.58. The molecule has 0 radical (unpaired) electrons. The first kappa shape index (κ1) is 20.3. The van der Waals surface area contributed by atoms with Gasteiger partial charge < -0.3 is 20.5 Å². The van der Waals surface area contributed by atoms with Gasteiger partial charge in [0.25, 0.3) is 0 Å². The van der Waals surface area contributed by atoms with Crippen LogP contribution in [0.25, 0.3) is 0 Å². The summed E-state index contributed by atoms with van der Waals surface area (Å²) in [6.07, 6.45) is 3.53. The van der Waals surface area contributed by atoms with Crippen LogP contribution in [-0.4, -0.2) is 36.9 Å². The monoisotopic (exact) mass is 335 g/mol. The predicted molar refractivity (Wildman–Crippen MR) is 101 cm³/mol. The third kappa shape index (κ3) is 7.21. The van der Waals surface area contributed by atoms with Crippen LogP contribution in [0.5, 0.6) is 5.75 Å². The molecule has 0 atom stereocenters. The van der Waals surface area contributed by atoms with E-state index in [9.17, 15) is 5.11 Å². The van der Waals surface area contributed by atoms with Gasteiger partial charge in [-0.15, -0.1) is 0 Å². The second-order valence-corrected chi connectivity index (χ2v) is 6.12. The zero-order chi connectivity index (χ0) is 17.8. The summed E-state index contributed by atoms with van der Waals surface area (Å²) in [7, 11) is 1.66. The van der Waals surface area contributed by atoms with Gasteiger partial charge in [0, 0.05) is 13.1 Å². The van der Waals surface area contributed by atoms with Crippen molar-refractivity contribution < 1.29 is 9.84 Å². The van der Waals surface area contributed by atoms with Crippen LogP contribution >= 0.6 is 0 Å². The molecule has 0 aliphatic rings. The summed E-state index contributed by atoms with van der Waals surface area (Å²) in [5.74, 6) is 1.58. The highest BCUT2D eigenvalue weighted by Gasteiger charge is 2.24. The smallest absolute Gasteiger partial charge is 0.191 e. The van der Waals surface area contributed by atoms with Crippen LogP contribution in [0.15, 0.2) is 29.3 Å². The van der Waals surface area contributed by atoms with Gasteiger partial charge in [0.1, 0.15) is 5.75 Å². The lowest BCUT2D eigenvalue weighted by molar-refractivity contribution is 0.0257. The Kier molecular flexibility index (Phi) is 9.23. The predicted octanol–water partition coefficient (Wildman–Crippen LogP) is 3.08. The second-order valence-electron chi connectivity index (χ2n) is 6.12. The molecule has 0 fully saturated rings. The van der Waals surface area contributed by atoms with Gasteiger partial charge in [-0.1, -0.05) is 38.8 Å². The minimum Gasteiger partial charge on any atom is -0.497 e. The van der Waals surface area contributed by atoms with Crippen molar-refractivity contribution in [1.82, 2.24) is 10.6 Å². The maximum absolute atomic E-state index is 10.7. The van der Waals surface area contributed by atoms with Crippen molar-refractivity contribution in [3.63, 3.8) is 0 Å². The Hall–Kier alpha value is -1.75. The maximum Gasteiger partial charge on any atom is 0.191 e. The number of ether oxygens (including phenoxy) is 1. The second kappa shape index (κ2) is 10.9. The number of nitrogens with zero attached hydrogens (tertiary/aromatic N) is 1. The van der Waals surface area contributed by atoms with Crippen molar-refractivity contribution in [2.45, 2.75) is 58.6 Å². The Morgan fingerprint density at radius 2 is 1.71 bits per heavy atom. The maximum atomic E-state index is 10.7. The van der Waals surface area contributed by atoms with E-state index in [2.05, 4.69) is 29.5 Å². The highest BCUT2D eigenvalue weighted by atomic mass is 16.5. The Morgan fingerprint density at radius 3 is 2.21 bits per heavy atom. The molecule has 0 spiro atoms. The van der Waals surface area contributed by atoms with Crippen LogP contribution in [0, 0.1) is 0 Å². The van der Waals surface area contributed by atoms with E-state index in [-0.39, 0.29) is 0 Å². The number of aliphatic hydroxyl groups is 1. The molecule has 5 nitrogen and oxygen atoms in total. The number of hydrogen-bond donors (Lipinski definition) is 3. The molecule has 0 aliphatic carbocycles. The molecule has 5 heteroatoms. The van der Waals surface area contributed by atoms with E-state index < -0.39 is 5.60 Å². The molecule has 0 unspecified atom stereocenters. The van der Waals surface area contributed by atoms with Gasteiger partial charge in [-0.3, -0.25) is 0 Å². The summed E-state index contributed by atoms with van der Waals surface area (Å²) < 4.78 is 5.17. The number of methoxy groups -OCH3 is 1. The molecular weight excluding hydrogens is 302 g/mol. The van der Waals surface area contributed by atoms with E-state index in [0.717, 1.165) is 49.5 Å². The summed E-state index contributed by atoms with van der Waals surface area (Å²) in [6, 6.07) is 7.89. The van der Waals surface area contributed by atoms with Gasteiger partial charge in [0.15, 0.2) is 5.96 Å². The van der Waals surface area contributed by atoms with Crippen LogP contribution in [0.3, 0.4) is 0 Å². The van der Waals surface area contributed by atoms with Crippen LogP contribution in [0.4, 0.5) is 0 Å². The SMILES string of the molecule is CCCC(O)(CCC)CNC(=NCc1ccc(OC)cc1)NCC. The van der Waals surface area contributed by atoms with Gasteiger partial charge in [-0.25, -0.2) is 4.99 Å². The number of guanidine groups is 1. The Balaban J connectivity index is 2.66. The zero-order valence-electron chi connectivity index (χ0n) is 15.6. The fourth-order valence-corrected chi connectivity index (χ4v) is 2.72. The Labute approximate surface area is 146 Å². The van der Waals surface area contributed by atoms with Gasteiger partial charge in [-0.05, 0) is 37.5 Å². The summed E-state index contributed by atoms with van der Waals surface area (Å²) >= 11 is 0. The number of benzene rings is 1. The van der Waals surface area contributed by atoms with Gasteiger partial charge in [0.2, 0.25) is 0 Å². The van der Waals surface area contributed by atoms with Crippen molar-refractivity contribution >= 4 is 5.96 Å². The number of rotatable bonds is 10. The molecule has 0 aliphatic heterocycles. The molecule has 1 aromatic rings. The minimum atomic E-state index is -0.667. The molecule has 0 bridgehead atoms. The zero-order valence-corrected chi connectivity index (χ0v) is 15.6. The summed E-state index contributed by atoms with van der Waals surface area (Å²) in [5, 5.41) is 17.2. The van der Waals surface area contributed by atoms with E-state index in [1.165, 1.54) is 0 Å². The largest absolute Gasteiger partial charge is 0.497 e. The molecular formula is C19H33N3O2. The van der Waals surface area contributed by atoms with Crippen molar-refractivity contribution in [3.05, 3.63) is 29.8 Å². The molecule has 0 aromatic heterocycles. The summed E-state index contributed by atoms with van der Waals surface area (Å²) in [6.45, 7) is 8.12. The number of hydrogen-bond acceptors (Lipinski definition) is 3. The van der Waals surface area contributed by atoms with E-state index >= 15 is 0 Å².